The van der Waals surface area contributed by atoms with Gasteiger partial charge < -0.3 is 23.7 Å². The molecule has 1 aliphatic rings. The maximum Gasteiger partial charge on any atom is 0.222 e. The van der Waals surface area contributed by atoms with Crippen molar-refractivity contribution in [3.05, 3.63) is 90.3 Å². The van der Waals surface area contributed by atoms with Crippen molar-refractivity contribution in [3.63, 3.8) is 0 Å². The maximum atomic E-state index is 12.7. The van der Waals surface area contributed by atoms with E-state index in [2.05, 4.69) is 110 Å². The van der Waals surface area contributed by atoms with Crippen molar-refractivity contribution < 1.29 is 9.59 Å². The number of benzene rings is 2. The minimum absolute atomic E-state index is 0.277. The first-order valence-corrected chi connectivity index (χ1v) is 18.1. The van der Waals surface area contributed by atoms with E-state index in [1.807, 2.05) is 4.90 Å². The van der Waals surface area contributed by atoms with Crippen molar-refractivity contribution in [2.75, 3.05) is 31.1 Å². The van der Waals surface area contributed by atoms with Crippen molar-refractivity contribution in [2.45, 2.75) is 71.9 Å². The molecular formula is C39H46N6O2S. The predicted octanol–water partition coefficient (Wildman–Crippen LogP) is 8.13. The van der Waals surface area contributed by atoms with Crippen molar-refractivity contribution in [3.8, 4) is 0 Å². The van der Waals surface area contributed by atoms with Gasteiger partial charge in [-0.3, -0.25) is 4.79 Å². The zero-order valence-corrected chi connectivity index (χ0v) is 29.0. The summed E-state index contributed by atoms with van der Waals surface area (Å²) in [6, 6.07) is 23.4. The van der Waals surface area contributed by atoms with Gasteiger partial charge in [-0.2, -0.15) is 0 Å². The average Bonchev–Trinajstić information content (AvgIpc) is 3.85. The molecule has 1 amide bonds. The van der Waals surface area contributed by atoms with Gasteiger partial charge >= 0.3 is 0 Å². The second-order valence-electron chi connectivity index (χ2n) is 12.6. The number of carbonyl (C=O) groups is 2. The SMILES string of the molecule is CC(=O)CCCCn1ccc2ccccc21.CCc1cc2c(N3CCN(C(=O)CCCCn4ccc5ccccc54)CC3)ncnc2s1. The Kier molecular flexibility index (Phi) is 11.2. The van der Waals surface area contributed by atoms with Gasteiger partial charge in [-0.15, -0.1) is 11.3 Å². The number of Topliss-reactive ketones (excluding diaryl/α,β-unsaturated/α-hetero) is 1. The number of aromatic nitrogens is 4. The van der Waals surface area contributed by atoms with Crippen LogP contribution in [0.1, 0.15) is 57.2 Å². The van der Waals surface area contributed by atoms with Crippen LogP contribution in [0, 0.1) is 0 Å². The standard InChI is InChI=1S/C25H29N5OS.C14H17NO/c1-2-20-17-21-24(26-18-27-25(21)32-20)30-15-13-29(14-16-30)23(31)9-5-6-11-28-12-10-19-7-3-4-8-22(19)28;1-12(16)6-4-5-10-15-11-9-13-7-2-3-8-14(13)15/h3-4,7-8,10,12,17-18H,2,5-6,9,11,13-16H2,1H3;2-3,7-9,11H,4-6,10H2,1H3. The summed E-state index contributed by atoms with van der Waals surface area (Å²) >= 11 is 1.75. The molecule has 0 N–H and O–H groups in total. The Hall–Kier alpha value is -4.50. The number of hydrogen-bond donors (Lipinski definition) is 0. The van der Waals surface area contributed by atoms with Crippen molar-refractivity contribution >= 4 is 60.9 Å². The largest absolute Gasteiger partial charge is 0.352 e. The Labute approximate surface area is 287 Å². The van der Waals surface area contributed by atoms with Crippen LogP contribution in [0.3, 0.4) is 0 Å². The lowest BCUT2D eigenvalue weighted by atomic mass is 10.2. The van der Waals surface area contributed by atoms with Crippen LogP contribution in [-0.4, -0.2) is 61.9 Å². The molecule has 1 saturated heterocycles. The Bertz CT molecular complexity index is 1970. The normalized spacial score (nSPS) is 13.3. The molecule has 5 heterocycles. The maximum absolute atomic E-state index is 12.7. The van der Waals surface area contributed by atoms with Crippen molar-refractivity contribution in [2.24, 2.45) is 0 Å². The zero-order valence-electron chi connectivity index (χ0n) is 28.2. The number of thiophene rings is 1. The van der Waals surface area contributed by atoms with E-state index in [0.717, 1.165) is 87.4 Å². The molecule has 7 rings (SSSR count). The predicted molar refractivity (Wildman–Crippen MR) is 198 cm³/mol. The van der Waals surface area contributed by atoms with Crippen molar-refractivity contribution in [1.82, 2.24) is 24.0 Å². The number of rotatable bonds is 12. The number of fused-ring (bicyclic) bond motifs is 3. The lowest BCUT2D eigenvalue weighted by Gasteiger charge is -2.35. The molecule has 0 aliphatic carbocycles. The number of para-hydroxylation sites is 2. The molecule has 2 aromatic carbocycles. The minimum atomic E-state index is 0.277. The van der Waals surface area contributed by atoms with Crippen molar-refractivity contribution in [1.29, 1.82) is 0 Å². The van der Waals surface area contributed by atoms with Crippen LogP contribution in [0.15, 0.2) is 85.5 Å². The molecule has 0 saturated carbocycles. The van der Waals surface area contributed by atoms with Gasteiger partial charge in [0.1, 0.15) is 22.8 Å². The van der Waals surface area contributed by atoms with Crippen LogP contribution < -0.4 is 4.90 Å². The van der Waals surface area contributed by atoms with Crippen LogP contribution in [0.5, 0.6) is 0 Å². The topological polar surface area (TPSA) is 76.3 Å². The van der Waals surface area contributed by atoms with E-state index in [4.69, 9.17) is 0 Å². The number of anilines is 1. The van der Waals surface area contributed by atoms with Gasteiger partial charge in [-0.25, -0.2) is 9.97 Å². The molecular weight excluding hydrogens is 617 g/mol. The summed E-state index contributed by atoms with van der Waals surface area (Å²) < 4.78 is 4.55. The number of carbonyl (C=O) groups excluding carboxylic acids is 2. The number of aryl methyl sites for hydroxylation is 3. The number of ketones is 1. The lowest BCUT2D eigenvalue weighted by Crippen LogP contribution is -2.49. The highest BCUT2D eigenvalue weighted by molar-refractivity contribution is 7.18. The first-order chi connectivity index (χ1) is 23.5. The second kappa shape index (κ2) is 16.1. The van der Waals surface area contributed by atoms with Crippen LogP contribution in [0.4, 0.5) is 5.82 Å². The van der Waals surface area contributed by atoms with E-state index in [-0.39, 0.29) is 11.7 Å². The molecule has 48 heavy (non-hydrogen) atoms. The van der Waals surface area contributed by atoms with Crippen LogP contribution in [0.2, 0.25) is 0 Å². The number of piperazine rings is 1. The fourth-order valence-electron chi connectivity index (χ4n) is 6.53. The minimum Gasteiger partial charge on any atom is -0.352 e. The summed E-state index contributed by atoms with van der Waals surface area (Å²) in [7, 11) is 0. The molecule has 4 aromatic heterocycles. The third-order valence-electron chi connectivity index (χ3n) is 9.22. The van der Waals surface area contributed by atoms with E-state index in [1.165, 1.54) is 26.7 Å². The van der Waals surface area contributed by atoms with Gasteiger partial charge in [0, 0.05) is 80.4 Å². The highest BCUT2D eigenvalue weighted by atomic mass is 32.1. The summed E-state index contributed by atoms with van der Waals surface area (Å²) in [5.74, 6) is 1.58. The smallest absolute Gasteiger partial charge is 0.222 e. The quantitative estimate of drug-likeness (QED) is 0.124. The summed E-state index contributed by atoms with van der Waals surface area (Å²) in [6.07, 6.45) is 12.3. The average molecular weight is 663 g/mol. The molecule has 0 unspecified atom stereocenters. The van der Waals surface area contributed by atoms with Gasteiger partial charge in [-0.05, 0) is 80.1 Å². The van der Waals surface area contributed by atoms with Crippen LogP contribution in [-0.2, 0) is 29.1 Å². The van der Waals surface area contributed by atoms with Gasteiger partial charge in [0.2, 0.25) is 5.91 Å². The first kappa shape index (κ1) is 33.4. The van der Waals surface area contributed by atoms with E-state index < -0.39 is 0 Å². The highest BCUT2D eigenvalue weighted by Crippen LogP contribution is 2.31. The Morgan fingerprint density at radius 1 is 0.750 bits per heavy atom. The molecule has 1 fully saturated rings. The zero-order chi connectivity index (χ0) is 33.3. The van der Waals surface area contributed by atoms with Crippen LogP contribution in [0.25, 0.3) is 32.0 Å². The first-order valence-electron chi connectivity index (χ1n) is 17.3. The molecule has 0 radical (unpaired) electrons. The second-order valence-corrected chi connectivity index (χ2v) is 13.7. The molecule has 0 bridgehead atoms. The van der Waals surface area contributed by atoms with E-state index in [0.29, 0.717) is 12.8 Å². The van der Waals surface area contributed by atoms with E-state index in [1.54, 1.807) is 24.6 Å². The molecule has 8 nitrogen and oxygen atoms in total. The fourth-order valence-corrected chi connectivity index (χ4v) is 7.46. The Morgan fingerprint density at radius 3 is 1.96 bits per heavy atom. The number of unbranched alkanes of at least 4 members (excludes halogenated alkanes) is 2. The molecule has 250 valence electrons. The van der Waals surface area contributed by atoms with Gasteiger partial charge in [0.15, 0.2) is 0 Å². The van der Waals surface area contributed by atoms with E-state index >= 15 is 0 Å². The fraction of sp³-hybridized carbons (Fsp3) is 0.385. The Balaban J connectivity index is 0.000000211. The summed E-state index contributed by atoms with van der Waals surface area (Å²) in [4.78, 5) is 39.3. The third-order valence-corrected chi connectivity index (χ3v) is 10.4. The summed E-state index contributed by atoms with van der Waals surface area (Å²) in [6.45, 7) is 8.96. The highest BCUT2D eigenvalue weighted by Gasteiger charge is 2.23. The molecule has 1 aliphatic heterocycles. The van der Waals surface area contributed by atoms with Gasteiger partial charge in [0.05, 0.1) is 5.39 Å². The number of amides is 1. The summed E-state index contributed by atoms with van der Waals surface area (Å²) in [5.41, 5.74) is 2.55. The van der Waals surface area contributed by atoms with E-state index in [9.17, 15) is 9.59 Å². The summed E-state index contributed by atoms with van der Waals surface area (Å²) in [5, 5.41) is 3.71. The Morgan fingerprint density at radius 2 is 1.35 bits per heavy atom. The lowest BCUT2D eigenvalue weighted by molar-refractivity contribution is -0.131. The van der Waals surface area contributed by atoms with Gasteiger partial charge in [0.25, 0.3) is 0 Å². The molecule has 0 spiro atoms. The third kappa shape index (κ3) is 8.13. The molecule has 0 atom stereocenters. The number of hydrogen-bond acceptors (Lipinski definition) is 6. The van der Waals surface area contributed by atoms with Gasteiger partial charge in [-0.1, -0.05) is 43.3 Å². The number of nitrogens with zero attached hydrogens (tertiary/aromatic N) is 6. The molecule has 6 aromatic rings. The monoisotopic (exact) mass is 662 g/mol. The van der Waals surface area contributed by atoms with Crippen LogP contribution >= 0.6 is 11.3 Å². The molecule has 9 heteroatoms.